The maximum absolute atomic E-state index is 12.5. The van der Waals surface area contributed by atoms with Gasteiger partial charge in [-0.25, -0.2) is 15.0 Å². The van der Waals surface area contributed by atoms with Gasteiger partial charge in [0.2, 0.25) is 5.91 Å². The first-order valence-electron chi connectivity index (χ1n) is 10.5. The van der Waals surface area contributed by atoms with E-state index in [-0.39, 0.29) is 35.9 Å². The van der Waals surface area contributed by atoms with E-state index in [9.17, 15) is 4.79 Å². The molecule has 0 spiro atoms. The van der Waals surface area contributed by atoms with Crippen molar-refractivity contribution in [3.63, 3.8) is 0 Å². The fourth-order valence-corrected chi connectivity index (χ4v) is 3.62. The van der Waals surface area contributed by atoms with Crippen molar-refractivity contribution in [2.24, 2.45) is 4.99 Å². The second-order valence-corrected chi connectivity index (χ2v) is 7.45. The van der Waals surface area contributed by atoms with Gasteiger partial charge in [-0.1, -0.05) is 24.3 Å². The highest BCUT2D eigenvalue weighted by Gasteiger charge is 2.31. The summed E-state index contributed by atoms with van der Waals surface area (Å²) < 4.78 is 1.94. The summed E-state index contributed by atoms with van der Waals surface area (Å²) in [6.45, 7) is 5.83. The number of hydrogen-bond acceptors (Lipinski definition) is 4. The Balaban J connectivity index is 0.00000289. The number of aromatic nitrogens is 3. The van der Waals surface area contributed by atoms with Crippen LogP contribution in [0, 0.1) is 6.92 Å². The van der Waals surface area contributed by atoms with Crippen LogP contribution in [0.15, 0.2) is 66.0 Å². The highest BCUT2D eigenvalue weighted by atomic mass is 127. The van der Waals surface area contributed by atoms with E-state index in [0.29, 0.717) is 25.5 Å². The SMILES string of the molecule is CCNC(=NCc1ccc(-n2ccnc2C)nc1)NC1CC(=O)N(c2ccccc2)C1.I. The number of halogens is 1. The zero-order valence-electron chi connectivity index (χ0n) is 18.2. The van der Waals surface area contributed by atoms with Gasteiger partial charge in [0.1, 0.15) is 11.6 Å². The molecule has 1 amide bonds. The first-order chi connectivity index (χ1) is 15.1. The normalized spacial score (nSPS) is 16.1. The molecule has 4 rings (SSSR count). The maximum Gasteiger partial charge on any atom is 0.229 e. The predicted octanol–water partition coefficient (Wildman–Crippen LogP) is 3.05. The second kappa shape index (κ2) is 11.1. The number of imidazole rings is 1. The molecule has 8 nitrogen and oxygen atoms in total. The van der Waals surface area contributed by atoms with Gasteiger partial charge in [-0.15, -0.1) is 24.0 Å². The number of carbonyl (C=O) groups excluding carboxylic acids is 1. The monoisotopic (exact) mass is 545 g/mol. The van der Waals surface area contributed by atoms with E-state index < -0.39 is 0 Å². The third-order valence-electron chi connectivity index (χ3n) is 5.18. The molecule has 0 saturated carbocycles. The van der Waals surface area contributed by atoms with E-state index in [1.54, 1.807) is 6.20 Å². The zero-order chi connectivity index (χ0) is 21.6. The number of benzene rings is 1. The van der Waals surface area contributed by atoms with Crippen LogP contribution in [0.3, 0.4) is 0 Å². The van der Waals surface area contributed by atoms with Gasteiger partial charge in [0.15, 0.2) is 5.96 Å². The standard InChI is InChI=1S/C23H27N7O.HI/c1-3-24-23(28-19-13-22(31)30(16-19)20-7-5-4-6-8-20)27-15-18-9-10-21(26-14-18)29-12-11-25-17(29)2;/h4-12,14,19H,3,13,15-16H2,1-2H3,(H2,24,27,28);1H. The molecule has 1 aliphatic heterocycles. The summed E-state index contributed by atoms with van der Waals surface area (Å²) in [6, 6.07) is 13.8. The fourth-order valence-electron chi connectivity index (χ4n) is 3.62. The van der Waals surface area contributed by atoms with Gasteiger partial charge < -0.3 is 15.5 Å². The summed E-state index contributed by atoms with van der Waals surface area (Å²) >= 11 is 0. The molecule has 1 saturated heterocycles. The van der Waals surface area contributed by atoms with E-state index in [1.807, 2.05) is 78.2 Å². The Kier molecular flexibility index (Phi) is 8.20. The number of aliphatic imine (C=N–C) groups is 1. The molecule has 32 heavy (non-hydrogen) atoms. The van der Waals surface area contributed by atoms with Crippen molar-refractivity contribution in [1.29, 1.82) is 0 Å². The average Bonchev–Trinajstić information content (AvgIpc) is 3.38. The van der Waals surface area contributed by atoms with Crippen molar-refractivity contribution in [3.05, 3.63) is 72.4 Å². The van der Waals surface area contributed by atoms with Crippen molar-refractivity contribution < 1.29 is 4.79 Å². The van der Waals surface area contributed by atoms with E-state index in [4.69, 9.17) is 0 Å². The van der Waals surface area contributed by atoms with Crippen LogP contribution in [0.5, 0.6) is 0 Å². The van der Waals surface area contributed by atoms with Crippen LogP contribution in [-0.2, 0) is 11.3 Å². The molecule has 1 unspecified atom stereocenters. The van der Waals surface area contributed by atoms with Crippen LogP contribution in [-0.4, -0.2) is 45.5 Å². The molecule has 9 heteroatoms. The summed E-state index contributed by atoms with van der Waals surface area (Å²) in [5.41, 5.74) is 1.94. The number of anilines is 1. The number of rotatable bonds is 6. The van der Waals surface area contributed by atoms with Crippen LogP contribution in [0.1, 0.15) is 24.7 Å². The number of para-hydroxylation sites is 1. The molecule has 1 atom stereocenters. The number of pyridine rings is 1. The predicted molar refractivity (Wildman–Crippen MR) is 137 cm³/mol. The second-order valence-electron chi connectivity index (χ2n) is 7.45. The van der Waals surface area contributed by atoms with Crippen molar-refractivity contribution in [2.75, 3.05) is 18.0 Å². The van der Waals surface area contributed by atoms with E-state index >= 15 is 0 Å². The average molecular weight is 545 g/mol. The molecule has 1 fully saturated rings. The van der Waals surface area contributed by atoms with Gasteiger partial charge in [0.25, 0.3) is 0 Å². The first-order valence-corrected chi connectivity index (χ1v) is 10.5. The summed E-state index contributed by atoms with van der Waals surface area (Å²) in [4.78, 5) is 27.7. The Bertz CT molecular complexity index is 1050. The summed E-state index contributed by atoms with van der Waals surface area (Å²) in [7, 11) is 0. The number of amides is 1. The topological polar surface area (TPSA) is 87.4 Å². The van der Waals surface area contributed by atoms with Gasteiger partial charge in [0.05, 0.1) is 12.6 Å². The molecule has 2 N–H and O–H groups in total. The first kappa shape index (κ1) is 23.7. The van der Waals surface area contributed by atoms with Gasteiger partial charge in [0, 0.05) is 43.8 Å². The molecular weight excluding hydrogens is 517 g/mol. The highest BCUT2D eigenvalue weighted by Crippen LogP contribution is 2.21. The van der Waals surface area contributed by atoms with Crippen molar-refractivity contribution in [2.45, 2.75) is 32.9 Å². The molecule has 0 bridgehead atoms. The molecule has 2 aromatic heterocycles. The summed E-state index contributed by atoms with van der Waals surface area (Å²) in [5, 5.41) is 6.67. The Morgan fingerprint density at radius 2 is 2.00 bits per heavy atom. The number of hydrogen-bond donors (Lipinski definition) is 2. The van der Waals surface area contributed by atoms with E-state index in [1.165, 1.54) is 0 Å². The number of carbonyl (C=O) groups is 1. The third kappa shape index (κ3) is 5.64. The Morgan fingerprint density at radius 1 is 1.19 bits per heavy atom. The van der Waals surface area contributed by atoms with Crippen LogP contribution in [0.4, 0.5) is 5.69 Å². The Labute approximate surface area is 205 Å². The lowest BCUT2D eigenvalue weighted by atomic mass is 10.2. The lowest BCUT2D eigenvalue weighted by molar-refractivity contribution is -0.117. The minimum Gasteiger partial charge on any atom is -0.357 e. The molecular formula is C23H28IN7O. The Morgan fingerprint density at radius 3 is 2.66 bits per heavy atom. The van der Waals surface area contributed by atoms with Crippen LogP contribution < -0.4 is 15.5 Å². The highest BCUT2D eigenvalue weighted by molar-refractivity contribution is 14.0. The van der Waals surface area contributed by atoms with Crippen molar-refractivity contribution in [3.8, 4) is 5.82 Å². The minimum atomic E-state index is 0. The quantitative estimate of drug-likeness (QED) is 0.283. The summed E-state index contributed by atoms with van der Waals surface area (Å²) in [6.07, 6.45) is 5.93. The van der Waals surface area contributed by atoms with E-state index in [0.717, 1.165) is 29.4 Å². The lowest BCUT2D eigenvalue weighted by Gasteiger charge is -2.19. The van der Waals surface area contributed by atoms with Crippen molar-refractivity contribution >= 4 is 41.5 Å². The zero-order valence-corrected chi connectivity index (χ0v) is 20.6. The fraction of sp³-hybridized carbons (Fsp3) is 0.304. The number of aryl methyl sites for hydroxylation is 1. The molecule has 168 valence electrons. The molecule has 3 heterocycles. The van der Waals surface area contributed by atoms with E-state index in [2.05, 4.69) is 25.6 Å². The molecule has 0 aliphatic carbocycles. The number of guanidine groups is 1. The number of nitrogens with one attached hydrogen (secondary N) is 2. The van der Waals surface area contributed by atoms with Gasteiger partial charge in [-0.2, -0.15) is 0 Å². The smallest absolute Gasteiger partial charge is 0.229 e. The third-order valence-corrected chi connectivity index (χ3v) is 5.18. The van der Waals surface area contributed by atoms with Gasteiger partial charge in [-0.05, 0) is 37.6 Å². The molecule has 3 aromatic rings. The maximum atomic E-state index is 12.5. The van der Waals surface area contributed by atoms with Gasteiger partial charge in [-0.3, -0.25) is 9.36 Å². The van der Waals surface area contributed by atoms with Crippen molar-refractivity contribution in [1.82, 2.24) is 25.2 Å². The minimum absolute atomic E-state index is 0. The van der Waals surface area contributed by atoms with Crippen LogP contribution >= 0.6 is 24.0 Å². The molecule has 1 aliphatic rings. The van der Waals surface area contributed by atoms with Crippen LogP contribution in [0.25, 0.3) is 5.82 Å². The lowest BCUT2D eigenvalue weighted by Crippen LogP contribution is -2.44. The number of nitrogens with zero attached hydrogens (tertiary/aromatic N) is 5. The Hall–Kier alpha value is -2.95. The summed E-state index contributed by atoms with van der Waals surface area (Å²) in [5.74, 6) is 2.55. The van der Waals surface area contributed by atoms with Crippen LogP contribution in [0.2, 0.25) is 0 Å². The van der Waals surface area contributed by atoms with Gasteiger partial charge >= 0.3 is 0 Å². The molecule has 0 radical (unpaired) electrons. The molecule has 1 aromatic carbocycles. The largest absolute Gasteiger partial charge is 0.357 e.